The average Bonchev–Trinajstić information content (AvgIpc) is 2.77. The van der Waals surface area contributed by atoms with Crippen molar-refractivity contribution in [1.29, 1.82) is 0 Å². The summed E-state index contributed by atoms with van der Waals surface area (Å²) in [6.07, 6.45) is -1.88. The van der Waals surface area contributed by atoms with Crippen LogP contribution in [-0.2, 0) is 17.5 Å². The zero-order chi connectivity index (χ0) is 24.0. The first-order valence-electron chi connectivity index (χ1n) is 9.65. The van der Waals surface area contributed by atoms with Gasteiger partial charge in [0.2, 0.25) is 5.91 Å². The summed E-state index contributed by atoms with van der Waals surface area (Å²) < 4.78 is 39.3. The molecule has 0 aromatic heterocycles. The molecule has 0 fully saturated rings. The van der Waals surface area contributed by atoms with Crippen molar-refractivity contribution in [3.05, 3.63) is 99.6 Å². The molecule has 0 bridgehead atoms. The predicted octanol–water partition coefficient (Wildman–Crippen LogP) is 5.46. The monoisotopic (exact) mass is 456 g/mol. The van der Waals surface area contributed by atoms with Crippen molar-refractivity contribution >= 4 is 34.7 Å². The number of amides is 1. The number of hydrogen-bond donors (Lipinski definition) is 3. The summed E-state index contributed by atoms with van der Waals surface area (Å²) in [6.45, 7) is 0.201. The van der Waals surface area contributed by atoms with Crippen LogP contribution < -0.4 is 16.4 Å². The molecule has 7 nitrogen and oxygen atoms in total. The number of carbonyl (C=O) groups is 1. The van der Waals surface area contributed by atoms with Crippen LogP contribution in [0, 0.1) is 10.1 Å². The first-order chi connectivity index (χ1) is 15.6. The minimum Gasteiger partial charge on any atom is -0.397 e. The van der Waals surface area contributed by atoms with Crippen molar-refractivity contribution < 1.29 is 22.9 Å². The van der Waals surface area contributed by atoms with Gasteiger partial charge in [0.05, 0.1) is 16.3 Å². The summed E-state index contributed by atoms with van der Waals surface area (Å²) in [7, 11) is 0. The molecule has 3 aromatic carbocycles. The molecule has 33 heavy (non-hydrogen) atoms. The molecule has 0 saturated carbocycles. The summed E-state index contributed by atoms with van der Waals surface area (Å²) in [5.41, 5.74) is 6.04. The summed E-state index contributed by atoms with van der Waals surface area (Å²) in [6, 6.07) is 16.6. The molecule has 0 heterocycles. The summed E-state index contributed by atoms with van der Waals surface area (Å²) in [5.74, 6) is -0.350. The van der Waals surface area contributed by atoms with E-state index in [1.165, 1.54) is 12.1 Å². The second-order valence-corrected chi connectivity index (χ2v) is 6.99. The van der Waals surface area contributed by atoms with Gasteiger partial charge >= 0.3 is 6.18 Å². The number of rotatable bonds is 7. The van der Waals surface area contributed by atoms with Gasteiger partial charge in [-0.25, -0.2) is 0 Å². The van der Waals surface area contributed by atoms with Crippen molar-refractivity contribution in [2.24, 2.45) is 0 Å². The number of anilines is 3. The highest BCUT2D eigenvalue weighted by molar-refractivity contribution is 6.03. The van der Waals surface area contributed by atoms with E-state index in [0.29, 0.717) is 17.4 Å². The number of carbonyl (C=O) groups excluding carboxylic acids is 1. The van der Waals surface area contributed by atoms with Crippen LogP contribution >= 0.6 is 0 Å². The molecule has 3 aromatic rings. The summed E-state index contributed by atoms with van der Waals surface area (Å²) >= 11 is 0. The van der Waals surface area contributed by atoms with Gasteiger partial charge in [-0.15, -0.1) is 0 Å². The minimum absolute atomic E-state index is 0.105. The number of halogens is 3. The van der Waals surface area contributed by atoms with Crippen molar-refractivity contribution in [2.45, 2.75) is 12.7 Å². The molecule has 4 N–H and O–H groups in total. The van der Waals surface area contributed by atoms with Crippen LogP contribution in [0.1, 0.15) is 16.7 Å². The largest absolute Gasteiger partial charge is 0.423 e. The number of hydrogen-bond acceptors (Lipinski definition) is 5. The maximum absolute atomic E-state index is 13.1. The fraction of sp³-hybridized carbons (Fsp3) is 0.0870. The molecule has 0 aliphatic rings. The minimum atomic E-state index is -4.84. The Kier molecular flexibility index (Phi) is 6.97. The first-order valence-corrected chi connectivity index (χ1v) is 9.65. The quantitative estimate of drug-likeness (QED) is 0.189. The van der Waals surface area contributed by atoms with E-state index in [-0.39, 0.29) is 18.1 Å². The Balaban J connectivity index is 1.61. The normalized spacial score (nSPS) is 11.4. The van der Waals surface area contributed by atoms with Crippen molar-refractivity contribution in [3.8, 4) is 0 Å². The number of nitro benzene ring substituents is 1. The van der Waals surface area contributed by atoms with Gasteiger partial charge < -0.3 is 16.4 Å². The fourth-order valence-electron chi connectivity index (χ4n) is 2.94. The van der Waals surface area contributed by atoms with Crippen LogP contribution in [0.2, 0.25) is 0 Å². The predicted molar refractivity (Wildman–Crippen MR) is 120 cm³/mol. The Labute approximate surface area is 186 Å². The number of nitrogens with one attached hydrogen (secondary N) is 2. The van der Waals surface area contributed by atoms with Gasteiger partial charge in [0.15, 0.2) is 0 Å². The van der Waals surface area contributed by atoms with Gasteiger partial charge in [-0.05, 0) is 41.5 Å². The van der Waals surface area contributed by atoms with Crippen LogP contribution in [0.15, 0.2) is 72.8 Å². The zero-order valence-electron chi connectivity index (χ0n) is 17.1. The number of alkyl halides is 3. The first kappa shape index (κ1) is 23.3. The molecular formula is C23H19F3N4O3. The van der Waals surface area contributed by atoms with Gasteiger partial charge in [0.1, 0.15) is 5.56 Å². The topological polar surface area (TPSA) is 110 Å². The van der Waals surface area contributed by atoms with Crippen molar-refractivity contribution in [1.82, 2.24) is 0 Å². The van der Waals surface area contributed by atoms with Gasteiger partial charge in [-0.3, -0.25) is 14.9 Å². The van der Waals surface area contributed by atoms with Gasteiger partial charge in [0.25, 0.3) is 5.69 Å². The number of nitrogens with zero attached hydrogens (tertiary/aromatic N) is 1. The standard InChI is InChI=1S/C23H19F3N4O3/c24-23(25,26)18-13-17(10-11-21(18)30(32)33)28-14-16-7-5-15(6-8-16)9-12-22(31)29-20-4-2-1-3-19(20)27/h1-13,28H,14,27H2,(H,29,31)/b12-9-. The van der Waals surface area contributed by atoms with Gasteiger partial charge in [-0.2, -0.15) is 13.2 Å². The Hall–Kier alpha value is -4.34. The number of para-hydroxylation sites is 2. The van der Waals surface area contributed by atoms with E-state index in [4.69, 9.17) is 5.73 Å². The molecule has 170 valence electrons. The number of nitro groups is 1. The molecule has 0 spiro atoms. The van der Waals surface area contributed by atoms with E-state index in [1.54, 1.807) is 54.6 Å². The molecule has 0 atom stereocenters. The molecule has 3 rings (SSSR count). The third kappa shape index (κ3) is 6.33. The van der Waals surface area contributed by atoms with Crippen LogP contribution in [0.25, 0.3) is 6.08 Å². The Morgan fingerprint density at radius 3 is 2.39 bits per heavy atom. The lowest BCUT2D eigenvalue weighted by molar-refractivity contribution is -0.388. The number of benzene rings is 3. The molecule has 10 heteroatoms. The Bertz CT molecular complexity index is 1190. The van der Waals surface area contributed by atoms with Crippen LogP contribution in [0.4, 0.5) is 35.9 Å². The lowest BCUT2D eigenvalue weighted by Gasteiger charge is -2.11. The van der Waals surface area contributed by atoms with Crippen LogP contribution in [0.5, 0.6) is 0 Å². The molecule has 0 saturated heterocycles. The highest BCUT2D eigenvalue weighted by Gasteiger charge is 2.38. The van der Waals surface area contributed by atoms with Crippen molar-refractivity contribution in [3.63, 3.8) is 0 Å². The summed E-state index contributed by atoms with van der Waals surface area (Å²) in [5, 5.41) is 16.3. The maximum atomic E-state index is 13.1. The third-order valence-electron chi connectivity index (χ3n) is 4.62. The van der Waals surface area contributed by atoms with Gasteiger partial charge in [0, 0.05) is 24.4 Å². The Morgan fingerprint density at radius 2 is 1.76 bits per heavy atom. The van der Waals surface area contributed by atoms with Crippen molar-refractivity contribution in [2.75, 3.05) is 16.4 Å². The zero-order valence-corrected chi connectivity index (χ0v) is 17.1. The Morgan fingerprint density at radius 1 is 1.06 bits per heavy atom. The number of nitrogens with two attached hydrogens (primary N) is 1. The van der Waals surface area contributed by atoms with E-state index in [1.807, 2.05) is 0 Å². The summed E-state index contributed by atoms with van der Waals surface area (Å²) in [4.78, 5) is 21.8. The smallest absolute Gasteiger partial charge is 0.397 e. The second kappa shape index (κ2) is 9.86. The maximum Gasteiger partial charge on any atom is 0.423 e. The fourth-order valence-corrected chi connectivity index (χ4v) is 2.94. The molecule has 0 radical (unpaired) electrons. The van der Waals surface area contributed by atoms with E-state index in [2.05, 4.69) is 10.6 Å². The molecule has 0 aliphatic carbocycles. The molecule has 0 aliphatic heterocycles. The lowest BCUT2D eigenvalue weighted by Crippen LogP contribution is -2.10. The van der Waals surface area contributed by atoms with Gasteiger partial charge in [-0.1, -0.05) is 36.4 Å². The van der Waals surface area contributed by atoms with Crippen LogP contribution in [0.3, 0.4) is 0 Å². The second-order valence-electron chi connectivity index (χ2n) is 6.99. The van der Waals surface area contributed by atoms with E-state index >= 15 is 0 Å². The van der Waals surface area contributed by atoms with Crippen LogP contribution in [-0.4, -0.2) is 10.8 Å². The third-order valence-corrected chi connectivity index (χ3v) is 4.62. The lowest BCUT2D eigenvalue weighted by atomic mass is 10.1. The highest BCUT2D eigenvalue weighted by atomic mass is 19.4. The van der Waals surface area contributed by atoms with E-state index in [9.17, 15) is 28.1 Å². The highest BCUT2D eigenvalue weighted by Crippen LogP contribution is 2.37. The van der Waals surface area contributed by atoms with E-state index < -0.39 is 22.4 Å². The average molecular weight is 456 g/mol. The molecule has 0 unspecified atom stereocenters. The number of nitrogen functional groups attached to an aromatic ring is 1. The molecular weight excluding hydrogens is 437 g/mol. The molecule has 1 amide bonds. The van der Waals surface area contributed by atoms with E-state index in [0.717, 1.165) is 17.2 Å². The SMILES string of the molecule is Nc1ccccc1NC(=O)/C=C\c1ccc(CNc2ccc([N+](=O)[O-])c(C(F)(F)F)c2)cc1.